The van der Waals surface area contributed by atoms with E-state index in [0.717, 1.165) is 0 Å². The molecule has 0 bridgehead atoms. The van der Waals surface area contributed by atoms with Gasteiger partial charge in [-0.05, 0) is 43.2 Å². The molecule has 0 spiro atoms. The highest BCUT2D eigenvalue weighted by molar-refractivity contribution is 7.92. The number of anilines is 2. The monoisotopic (exact) mass is 401 g/mol. The third-order valence-corrected chi connectivity index (χ3v) is 5.21. The summed E-state index contributed by atoms with van der Waals surface area (Å²) in [6.45, 7) is 3.50. The van der Waals surface area contributed by atoms with E-state index >= 15 is 0 Å². The smallest absolute Gasteiger partial charge is 0.255 e. The van der Waals surface area contributed by atoms with Gasteiger partial charge in [0.15, 0.2) is 0 Å². The van der Waals surface area contributed by atoms with Crippen molar-refractivity contribution in [2.75, 3.05) is 15.8 Å². The fourth-order valence-corrected chi connectivity index (χ4v) is 3.82. The number of pyridine rings is 1. The Labute approximate surface area is 156 Å². The highest BCUT2D eigenvalue weighted by atomic mass is 35.5. The molecule has 1 heterocycles. The summed E-state index contributed by atoms with van der Waals surface area (Å²) in [6, 6.07) is 7.75. The summed E-state index contributed by atoms with van der Waals surface area (Å²) >= 11 is 11.6. The van der Waals surface area contributed by atoms with Gasteiger partial charge in [0.2, 0.25) is 10.0 Å². The maximum absolute atomic E-state index is 12.4. The van der Waals surface area contributed by atoms with Crippen molar-refractivity contribution in [1.82, 2.24) is 4.98 Å². The van der Waals surface area contributed by atoms with E-state index in [9.17, 15) is 13.2 Å². The molecule has 0 saturated carbocycles. The van der Waals surface area contributed by atoms with E-state index < -0.39 is 15.9 Å². The van der Waals surface area contributed by atoms with Crippen molar-refractivity contribution in [2.45, 2.75) is 20.3 Å². The first-order valence-corrected chi connectivity index (χ1v) is 9.87. The maximum Gasteiger partial charge on any atom is 0.255 e. The Balaban J connectivity index is 2.26. The summed E-state index contributed by atoms with van der Waals surface area (Å²) in [4.78, 5) is 16.2. The number of halogens is 2. The third kappa shape index (κ3) is 5.32. The lowest BCUT2D eigenvalue weighted by Gasteiger charge is -2.14. The predicted molar refractivity (Wildman–Crippen MR) is 101 cm³/mol. The molecule has 2 N–H and O–H groups in total. The molecule has 1 aromatic carbocycles. The van der Waals surface area contributed by atoms with Crippen LogP contribution in [0.4, 0.5) is 11.4 Å². The normalized spacial score (nSPS) is 11.2. The average molecular weight is 402 g/mol. The first-order valence-electron chi connectivity index (χ1n) is 7.46. The molecule has 0 radical (unpaired) electrons. The quantitative estimate of drug-likeness (QED) is 0.712. The van der Waals surface area contributed by atoms with Gasteiger partial charge in [0.25, 0.3) is 5.91 Å². The second-order valence-electron chi connectivity index (χ2n) is 5.35. The van der Waals surface area contributed by atoms with E-state index in [1.165, 1.54) is 12.1 Å². The SMILES string of the molecule is CCCS(=O)(=O)Nc1cccc(NC(=O)c2cc(Cl)nc(Cl)c2)c1C. The Bertz CT molecular complexity index is 881. The molecule has 0 aliphatic heterocycles. The Morgan fingerprint density at radius 3 is 2.36 bits per heavy atom. The van der Waals surface area contributed by atoms with Gasteiger partial charge in [0.05, 0.1) is 11.4 Å². The van der Waals surface area contributed by atoms with Crippen molar-refractivity contribution in [3.05, 3.63) is 51.8 Å². The molecule has 1 aromatic heterocycles. The lowest BCUT2D eigenvalue weighted by Crippen LogP contribution is -2.18. The minimum atomic E-state index is -3.42. The molecule has 0 atom stereocenters. The Kier molecular flexibility index (Phi) is 6.26. The first kappa shape index (κ1) is 19.5. The zero-order valence-electron chi connectivity index (χ0n) is 13.6. The number of nitrogens with one attached hydrogen (secondary N) is 2. The second-order valence-corrected chi connectivity index (χ2v) is 7.97. The largest absolute Gasteiger partial charge is 0.322 e. The highest BCUT2D eigenvalue weighted by Crippen LogP contribution is 2.25. The van der Waals surface area contributed by atoms with E-state index in [1.54, 1.807) is 32.0 Å². The molecular weight excluding hydrogens is 385 g/mol. The van der Waals surface area contributed by atoms with Gasteiger partial charge in [0, 0.05) is 11.3 Å². The Morgan fingerprint density at radius 1 is 1.16 bits per heavy atom. The molecule has 0 aliphatic carbocycles. The molecular formula is C16H17Cl2N3O3S. The highest BCUT2D eigenvalue weighted by Gasteiger charge is 2.14. The van der Waals surface area contributed by atoms with Gasteiger partial charge in [-0.3, -0.25) is 9.52 Å². The van der Waals surface area contributed by atoms with Crippen LogP contribution in [0.3, 0.4) is 0 Å². The van der Waals surface area contributed by atoms with Gasteiger partial charge in [-0.1, -0.05) is 36.2 Å². The summed E-state index contributed by atoms with van der Waals surface area (Å²) in [7, 11) is -3.42. The lowest BCUT2D eigenvalue weighted by molar-refractivity contribution is 0.102. The fourth-order valence-electron chi connectivity index (χ4n) is 2.16. The lowest BCUT2D eigenvalue weighted by atomic mass is 10.1. The number of hydrogen-bond donors (Lipinski definition) is 2. The Morgan fingerprint density at radius 2 is 1.76 bits per heavy atom. The number of nitrogens with zero attached hydrogens (tertiary/aromatic N) is 1. The Hall–Kier alpha value is -1.83. The number of rotatable bonds is 6. The van der Waals surface area contributed by atoms with Crippen LogP contribution in [0.1, 0.15) is 29.3 Å². The van der Waals surface area contributed by atoms with Gasteiger partial charge in [-0.25, -0.2) is 13.4 Å². The third-order valence-electron chi connectivity index (χ3n) is 3.35. The molecule has 9 heteroatoms. The molecule has 1 amide bonds. The van der Waals surface area contributed by atoms with Crippen LogP contribution < -0.4 is 10.0 Å². The zero-order chi connectivity index (χ0) is 18.6. The second kappa shape index (κ2) is 8.03. The van der Waals surface area contributed by atoms with E-state index in [1.807, 2.05) is 0 Å². The fraction of sp³-hybridized carbons (Fsp3) is 0.250. The number of aromatic nitrogens is 1. The number of sulfonamides is 1. The number of amides is 1. The van der Waals surface area contributed by atoms with E-state index in [2.05, 4.69) is 15.0 Å². The topological polar surface area (TPSA) is 88.2 Å². The molecule has 0 unspecified atom stereocenters. The van der Waals surface area contributed by atoms with Crippen molar-refractivity contribution in [1.29, 1.82) is 0 Å². The van der Waals surface area contributed by atoms with Gasteiger partial charge in [0.1, 0.15) is 10.3 Å². The van der Waals surface area contributed by atoms with Crippen molar-refractivity contribution in [3.63, 3.8) is 0 Å². The van der Waals surface area contributed by atoms with Gasteiger partial charge in [-0.2, -0.15) is 0 Å². The van der Waals surface area contributed by atoms with Crippen LogP contribution in [0.2, 0.25) is 10.3 Å². The van der Waals surface area contributed by atoms with Crippen molar-refractivity contribution >= 4 is 50.5 Å². The van der Waals surface area contributed by atoms with Crippen molar-refractivity contribution in [2.24, 2.45) is 0 Å². The standard InChI is InChI=1S/C16H17Cl2N3O3S/c1-3-7-25(23,24)21-13-6-4-5-12(10(13)2)19-16(22)11-8-14(17)20-15(18)9-11/h4-6,8-9,21H,3,7H2,1-2H3,(H,19,22). The maximum atomic E-state index is 12.4. The van der Waals surface area contributed by atoms with Crippen LogP contribution in [0, 0.1) is 6.92 Å². The summed E-state index contributed by atoms with van der Waals surface area (Å²) in [5, 5.41) is 2.93. The van der Waals surface area contributed by atoms with Crippen LogP contribution in [0.5, 0.6) is 0 Å². The van der Waals surface area contributed by atoms with Crippen molar-refractivity contribution in [3.8, 4) is 0 Å². The zero-order valence-corrected chi connectivity index (χ0v) is 16.0. The van der Waals surface area contributed by atoms with E-state index in [-0.39, 0.29) is 21.6 Å². The molecule has 6 nitrogen and oxygen atoms in total. The molecule has 0 fully saturated rings. The van der Waals surface area contributed by atoms with Gasteiger partial charge in [-0.15, -0.1) is 0 Å². The van der Waals surface area contributed by atoms with Gasteiger partial charge < -0.3 is 5.32 Å². The summed E-state index contributed by atoms with van der Waals surface area (Å²) in [6.07, 6.45) is 0.508. The number of hydrogen-bond acceptors (Lipinski definition) is 4. The minimum absolute atomic E-state index is 0.0248. The van der Waals surface area contributed by atoms with Crippen LogP contribution in [0.15, 0.2) is 30.3 Å². The van der Waals surface area contributed by atoms with Crippen LogP contribution in [0.25, 0.3) is 0 Å². The number of carbonyl (C=O) groups excluding carboxylic acids is 1. The molecule has 134 valence electrons. The summed E-state index contributed by atoms with van der Waals surface area (Å²) in [5.41, 5.74) is 1.74. The van der Waals surface area contributed by atoms with Crippen LogP contribution in [-0.2, 0) is 10.0 Å². The molecule has 2 aromatic rings. The average Bonchev–Trinajstić information content (AvgIpc) is 2.50. The first-order chi connectivity index (χ1) is 11.7. The van der Waals surface area contributed by atoms with E-state index in [0.29, 0.717) is 23.4 Å². The van der Waals surface area contributed by atoms with E-state index in [4.69, 9.17) is 23.2 Å². The molecule has 25 heavy (non-hydrogen) atoms. The van der Waals surface area contributed by atoms with Crippen LogP contribution in [-0.4, -0.2) is 25.1 Å². The number of carbonyl (C=O) groups is 1. The van der Waals surface area contributed by atoms with Crippen molar-refractivity contribution < 1.29 is 13.2 Å². The van der Waals surface area contributed by atoms with Gasteiger partial charge >= 0.3 is 0 Å². The predicted octanol–water partition coefficient (Wildman–Crippen LogP) is 4.10. The minimum Gasteiger partial charge on any atom is -0.322 e. The number of benzene rings is 1. The molecule has 0 saturated heterocycles. The molecule has 0 aliphatic rings. The summed E-state index contributed by atoms with van der Waals surface area (Å²) < 4.78 is 26.4. The summed E-state index contributed by atoms with van der Waals surface area (Å²) in [5.74, 6) is -0.403. The molecule has 2 rings (SSSR count). The van der Waals surface area contributed by atoms with Crippen LogP contribution >= 0.6 is 23.2 Å².